The Morgan fingerprint density at radius 2 is 1.85 bits per heavy atom. The molecule has 10 heteroatoms. The van der Waals surface area contributed by atoms with Gasteiger partial charge in [0.1, 0.15) is 23.3 Å². The van der Waals surface area contributed by atoms with E-state index < -0.39 is 0 Å². The molecule has 3 saturated heterocycles. The first kappa shape index (κ1) is 25.8. The van der Waals surface area contributed by atoms with Gasteiger partial charge in [-0.2, -0.15) is 4.98 Å². The van der Waals surface area contributed by atoms with Crippen molar-refractivity contribution in [3.8, 4) is 0 Å². The molecule has 2 atom stereocenters. The number of hydrogen-bond donors (Lipinski definition) is 1. The number of rotatable bonds is 5. The van der Waals surface area contributed by atoms with Crippen LogP contribution in [0.3, 0.4) is 0 Å². The minimum absolute atomic E-state index is 0.102. The summed E-state index contributed by atoms with van der Waals surface area (Å²) in [6.45, 7) is 8.63. The lowest BCUT2D eigenvalue weighted by Crippen LogP contribution is -2.55. The van der Waals surface area contributed by atoms with E-state index in [-0.39, 0.29) is 12.1 Å². The van der Waals surface area contributed by atoms with E-state index in [1.54, 1.807) is 0 Å². The van der Waals surface area contributed by atoms with Gasteiger partial charge in [0.15, 0.2) is 0 Å². The number of hydrogen-bond acceptors (Lipinski definition) is 9. The highest BCUT2D eigenvalue weighted by Gasteiger charge is 2.41. The number of fused-ring (bicyclic) bond motifs is 2. The third kappa shape index (κ3) is 4.85. The molecule has 0 radical (unpaired) electrons. The van der Waals surface area contributed by atoms with E-state index in [1.807, 2.05) is 12.1 Å². The standard InChI is InChI=1S/C31H39ClN8O/c1-20-5-4-6-23-29(20)30(35-31(32)33-23)39-10-3-2-7-25(39)24-16-27-34-26(38-18-22(19-38)15-21-8-9-21)17-28(40(27)36-24)37-11-13-41-14-12-37/h4-6,16-17,21-22,24-25,36H,2-3,7-15,18-19H2,1H3. The maximum atomic E-state index is 6.48. The van der Waals surface area contributed by atoms with Gasteiger partial charge in [0.05, 0.1) is 30.8 Å². The van der Waals surface area contributed by atoms with Gasteiger partial charge < -0.3 is 19.4 Å². The monoisotopic (exact) mass is 574 g/mol. The quantitative estimate of drug-likeness (QED) is 0.530. The van der Waals surface area contributed by atoms with Gasteiger partial charge in [0.2, 0.25) is 5.28 Å². The number of aryl methyl sites for hydroxylation is 1. The van der Waals surface area contributed by atoms with E-state index in [4.69, 9.17) is 26.3 Å². The molecule has 0 bridgehead atoms. The van der Waals surface area contributed by atoms with Crippen molar-refractivity contribution in [3.63, 3.8) is 0 Å². The molecule has 2 unspecified atom stereocenters. The van der Waals surface area contributed by atoms with Crippen LogP contribution in [0.4, 0.5) is 5.82 Å². The predicted molar refractivity (Wildman–Crippen MR) is 161 cm³/mol. The molecule has 41 heavy (non-hydrogen) atoms. The number of morpholine rings is 1. The first-order chi connectivity index (χ1) is 20.1. The Balaban J connectivity index is 1.11. The summed E-state index contributed by atoms with van der Waals surface area (Å²) in [5.41, 5.74) is 5.95. The molecule has 1 saturated carbocycles. The Labute approximate surface area is 246 Å². The van der Waals surface area contributed by atoms with E-state index in [0.717, 1.165) is 99.0 Å². The Morgan fingerprint density at radius 1 is 1.00 bits per heavy atom. The van der Waals surface area contributed by atoms with Gasteiger partial charge in [-0.15, -0.1) is 0 Å². The molecular weight excluding hydrogens is 536 g/mol. The second-order valence-electron chi connectivity index (χ2n) is 12.6. The number of ether oxygens (including phenoxy) is 1. The van der Waals surface area contributed by atoms with E-state index >= 15 is 0 Å². The van der Waals surface area contributed by atoms with E-state index in [1.165, 1.54) is 37.1 Å². The van der Waals surface area contributed by atoms with Crippen molar-refractivity contribution in [2.45, 2.75) is 57.5 Å². The number of piperidine rings is 1. The number of amidine groups is 1. The molecule has 9 nitrogen and oxygen atoms in total. The molecular formula is C31H39ClN8O. The highest BCUT2D eigenvalue weighted by atomic mass is 35.5. The lowest BCUT2D eigenvalue weighted by molar-refractivity contribution is 0.0353. The number of likely N-dealkylation sites (tertiary alicyclic amines) is 1. The van der Waals surface area contributed by atoms with E-state index in [9.17, 15) is 0 Å². The minimum atomic E-state index is 0.102. The zero-order valence-corrected chi connectivity index (χ0v) is 24.6. The molecule has 1 aromatic carbocycles. The number of aromatic nitrogens is 2. The number of hydrazine groups is 1. The van der Waals surface area contributed by atoms with Crippen molar-refractivity contribution in [3.05, 3.63) is 52.8 Å². The fourth-order valence-corrected chi connectivity index (χ4v) is 7.48. The second-order valence-corrected chi connectivity index (χ2v) is 12.9. The zero-order chi connectivity index (χ0) is 27.5. The summed E-state index contributed by atoms with van der Waals surface area (Å²) >= 11 is 6.48. The van der Waals surface area contributed by atoms with Gasteiger partial charge in [0.25, 0.3) is 0 Å². The molecule has 0 amide bonds. The topological polar surface area (TPSA) is 72.4 Å². The first-order valence-corrected chi connectivity index (χ1v) is 15.8. The van der Waals surface area contributed by atoms with Gasteiger partial charge in [-0.3, -0.25) is 0 Å². The lowest BCUT2D eigenvalue weighted by Gasteiger charge is -2.44. The molecule has 1 N–H and O–H groups in total. The van der Waals surface area contributed by atoms with Gasteiger partial charge in [-0.1, -0.05) is 25.0 Å². The third-order valence-electron chi connectivity index (χ3n) is 9.65. The number of halogens is 1. The van der Waals surface area contributed by atoms with Crippen LogP contribution >= 0.6 is 11.6 Å². The van der Waals surface area contributed by atoms with Crippen LogP contribution in [0.1, 0.15) is 44.1 Å². The third-order valence-corrected chi connectivity index (χ3v) is 9.82. The van der Waals surface area contributed by atoms with Crippen LogP contribution in [0, 0.1) is 18.8 Å². The summed E-state index contributed by atoms with van der Waals surface area (Å²) < 4.78 is 5.71. The zero-order valence-electron chi connectivity index (χ0n) is 23.8. The van der Waals surface area contributed by atoms with Crippen LogP contribution in [0.25, 0.3) is 10.9 Å². The predicted octanol–water partition coefficient (Wildman–Crippen LogP) is 4.30. The van der Waals surface area contributed by atoms with Crippen molar-refractivity contribution in [1.29, 1.82) is 0 Å². The Bertz CT molecular complexity index is 1420. The summed E-state index contributed by atoms with van der Waals surface area (Å²) in [6, 6.07) is 6.55. The van der Waals surface area contributed by atoms with Gasteiger partial charge in [0, 0.05) is 44.2 Å². The van der Waals surface area contributed by atoms with Gasteiger partial charge in [-0.25, -0.2) is 20.4 Å². The molecule has 5 aliphatic heterocycles. The molecule has 2 aromatic rings. The van der Waals surface area contributed by atoms with Crippen LogP contribution in [0.5, 0.6) is 0 Å². The first-order valence-electron chi connectivity index (χ1n) is 15.5. The molecule has 6 aliphatic rings. The fourth-order valence-electron chi connectivity index (χ4n) is 7.31. The van der Waals surface area contributed by atoms with Crippen molar-refractivity contribution in [2.24, 2.45) is 16.8 Å². The summed E-state index contributed by atoms with van der Waals surface area (Å²) in [6.07, 6.45) is 12.3. The van der Waals surface area contributed by atoms with Crippen molar-refractivity contribution in [1.82, 2.24) is 30.2 Å². The van der Waals surface area contributed by atoms with E-state index in [0.29, 0.717) is 5.28 Å². The van der Waals surface area contributed by atoms with Gasteiger partial charge >= 0.3 is 0 Å². The smallest absolute Gasteiger partial charge is 0.224 e. The number of benzene rings is 1. The second kappa shape index (κ2) is 10.4. The SMILES string of the molecule is Cc1cccc2nc(Cl)nc(N3CCCCC3C3C=C4N=C(N5CC(CC6CC6)C5)C=C(N5CCOCC5)N4N3)c12. The summed E-state index contributed by atoms with van der Waals surface area (Å²) in [5.74, 6) is 6.05. The number of nitrogens with zero attached hydrogens (tertiary/aromatic N) is 7. The number of aliphatic imine (C=N–C) groups is 1. The van der Waals surface area contributed by atoms with Crippen molar-refractivity contribution in [2.75, 3.05) is 50.8 Å². The minimum Gasteiger partial charge on any atom is -0.378 e. The Hall–Kier alpha value is -2.88. The molecule has 4 fully saturated rings. The molecule has 6 heterocycles. The normalized spacial score (nSPS) is 27.0. The average Bonchev–Trinajstić information content (AvgIpc) is 3.69. The molecule has 0 spiro atoms. The highest BCUT2D eigenvalue weighted by molar-refractivity contribution is 6.28. The van der Waals surface area contributed by atoms with Crippen LogP contribution < -0.4 is 10.3 Å². The Kier molecular flexibility index (Phi) is 6.57. The van der Waals surface area contributed by atoms with Crippen molar-refractivity contribution >= 4 is 34.2 Å². The molecule has 1 aliphatic carbocycles. The van der Waals surface area contributed by atoms with Gasteiger partial charge in [-0.05, 0) is 73.7 Å². The largest absolute Gasteiger partial charge is 0.378 e. The van der Waals surface area contributed by atoms with Crippen LogP contribution in [0.15, 0.2) is 47.0 Å². The summed E-state index contributed by atoms with van der Waals surface area (Å²) in [4.78, 5) is 22.0. The lowest BCUT2D eigenvalue weighted by atomic mass is 9.93. The van der Waals surface area contributed by atoms with Crippen LogP contribution in [0.2, 0.25) is 5.28 Å². The summed E-state index contributed by atoms with van der Waals surface area (Å²) in [5, 5.41) is 3.63. The van der Waals surface area contributed by atoms with Crippen molar-refractivity contribution < 1.29 is 4.74 Å². The maximum absolute atomic E-state index is 6.48. The fraction of sp³-hybridized carbons (Fsp3) is 0.581. The van der Waals surface area contributed by atoms with E-state index in [2.05, 4.69) is 55.3 Å². The average molecular weight is 575 g/mol. The maximum Gasteiger partial charge on any atom is 0.224 e. The number of nitrogens with one attached hydrogen (secondary N) is 1. The summed E-state index contributed by atoms with van der Waals surface area (Å²) in [7, 11) is 0. The molecule has 1 aromatic heterocycles. The number of anilines is 1. The van der Waals surface area contributed by atoms with Crippen LogP contribution in [-0.4, -0.2) is 88.6 Å². The molecule has 8 rings (SSSR count). The van der Waals surface area contributed by atoms with Crippen LogP contribution in [-0.2, 0) is 4.74 Å². The highest BCUT2D eigenvalue weighted by Crippen LogP contribution is 2.40. The Morgan fingerprint density at radius 3 is 2.68 bits per heavy atom. The molecule has 216 valence electrons.